The van der Waals surface area contributed by atoms with Gasteiger partial charge >= 0.3 is 5.63 Å². The van der Waals surface area contributed by atoms with Crippen molar-refractivity contribution in [1.29, 1.82) is 0 Å². The average Bonchev–Trinajstić information content (AvgIpc) is 2.76. The van der Waals surface area contributed by atoms with Crippen LogP contribution in [0.2, 0.25) is 0 Å². The van der Waals surface area contributed by atoms with Crippen molar-refractivity contribution >= 4 is 11.0 Å². The van der Waals surface area contributed by atoms with Crippen LogP contribution in [0.25, 0.3) is 22.1 Å². The van der Waals surface area contributed by atoms with Crippen LogP contribution >= 0.6 is 0 Å². The van der Waals surface area contributed by atoms with Gasteiger partial charge in [0.05, 0.1) is 24.3 Å². The van der Waals surface area contributed by atoms with Crippen LogP contribution in [-0.2, 0) is 11.3 Å². The number of aromatic hydroxyl groups is 1. The van der Waals surface area contributed by atoms with Gasteiger partial charge < -0.3 is 23.7 Å². The van der Waals surface area contributed by atoms with Gasteiger partial charge in [-0.2, -0.15) is 0 Å². The summed E-state index contributed by atoms with van der Waals surface area (Å²) in [6, 6.07) is 8.93. The molecule has 1 fully saturated rings. The zero-order chi connectivity index (χ0) is 20.7. The Labute approximate surface area is 173 Å². The third-order valence-corrected chi connectivity index (χ3v) is 5.73. The SMILES string of the molecule is Cc1c(-c2ccc3c(c2)OCCO3)c(=O)oc2c(CN3CCOCC3)c(O)ccc12. The summed E-state index contributed by atoms with van der Waals surface area (Å²) >= 11 is 0. The first-order valence-electron chi connectivity index (χ1n) is 10.1. The number of hydrogen-bond donors (Lipinski definition) is 1. The lowest BCUT2D eigenvalue weighted by Crippen LogP contribution is -2.35. The van der Waals surface area contributed by atoms with Gasteiger partial charge in [0.15, 0.2) is 11.5 Å². The number of phenols is 1. The van der Waals surface area contributed by atoms with E-state index in [0.717, 1.165) is 29.6 Å². The van der Waals surface area contributed by atoms with E-state index >= 15 is 0 Å². The molecule has 0 radical (unpaired) electrons. The Morgan fingerprint density at radius 3 is 2.57 bits per heavy atom. The maximum absolute atomic E-state index is 13.0. The second-order valence-corrected chi connectivity index (χ2v) is 7.58. The van der Waals surface area contributed by atoms with Crippen LogP contribution in [0.4, 0.5) is 0 Å². The lowest BCUT2D eigenvalue weighted by atomic mass is 9.97. The molecule has 1 aromatic heterocycles. The molecule has 3 aromatic rings. The summed E-state index contributed by atoms with van der Waals surface area (Å²) in [6.07, 6.45) is 0. The van der Waals surface area contributed by atoms with E-state index in [1.165, 1.54) is 0 Å². The van der Waals surface area contributed by atoms with E-state index in [2.05, 4.69) is 4.90 Å². The zero-order valence-corrected chi connectivity index (χ0v) is 16.8. The van der Waals surface area contributed by atoms with E-state index in [9.17, 15) is 9.90 Å². The third-order valence-electron chi connectivity index (χ3n) is 5.73. The molecule has 0 unspecified atom stereocenters. The fourth-order valence-electron chi connectivity index (χ4n) is 4.13. The van der Waals surface area contributed by atoms with Crippen molar-refractivity contribution in [2.45, 2.75) is 13.5 Å². The topological polar surface area (TPSA) is 81.4 Å². The predicted octanol–water partition coefficient (Wildman–Crippen LogP) is 3.08. The standard InChI is InChI=1S/C23H23NO6/c1-14-16-3-4-18(25)17(13-24-6-8-27-9-7-24)22(16)30-23(26)21(14)15-2-5-19-20(12-15)29-11-10-28-19/h2-5,12,25H,6-11,13H2,1H3. The first-order chi connectivity index (χ1) is 14.6. The molecular weight excluding hydrogens is 386 g/mol. The van der Waals surface area contributed by atoms with Gasteiger partial charge in [-0.15, -0.1) is 0 Å². The second kappa shape index (κ2) is 7.66. The number of aryl methyl sites for hydroxylation is 1. The molecule has 5 rings (SSSR count). The first-order valence-corrected chi connectivity index (χ1v) is 10.1. The Morgan fingerprint density at radius 1 is 1.00 bits per heavy atom. The van der Waals surface area contributed by atoms with Gasteiger partial charge in [-0.05, 0) is 42.3 Å². The van der Waals surface area contributed by atoms with Gasteiger partial charge in [0.2, 0.25) is 0 Å². The summed E-state index contributed by atoms with van der Waals surface area (Å²) in [5.41, 5.74) is 2.64. The fraction of sp³-hybridized carbons (Fsp3) is 0.348. The summed E-state index contributed by atoms with van der Waals surface area (Å²) in [4.78, 5) is 15.2. The molecule has 3 heterocycles. The fourth-order valence-corrected chi connectivity index (χ4v) is 4.13. The summed E-state index contributed by atoms with van der Waals surface area (Å²) in [7, 11) is 0. The Bertz CT molecular complexity index is 1160. The van der Waals surface area contributed by atoms with E-state index in [4.69, 9.17) is 18.6 Å². The lowest BCUT2D eigenvalue weighted by Gasteiger charge is -2.27. The van der Waals surface area contributed by atoms with Crippen molar-refractivity contribution in [3.8, 4) is 28.4 Å². The van der Waals surface area contributed by atoms with Crippen LogP contribution < -0.4 is 15.1 Å². The van der Waals surface area contributed by atoms with Crippen molar-refractivity contribution in [2.75, 3.05) is 39.5 Å². The molecule has 2 aliphatic rings. The molecule has 2 aromatic carbocycles. The molecule has 30 heavy (non-hydrogen) atoms. The number of hydrogen-bond acceptors (Lipinski definition) is 7. The minimum absolute atomic E-state index is 0.128. The van der Waals surface area contributed by atoms with Crippen LogP contribution in [0.5, 0.6) is 17.2 Å². The lowest BCUT2D eigenvalue weighted by molar-refractivity contribution is 0.0339. The van der Waals surface area contributed by atoms with Gasteiger partial charge in [0.1, 0.15) is 24.5 Å². The van der Waals surface area contributed by atoms with Crippen LogP contribution in [0.3, 0.4) is 0 Å². The largest absolute Gasteiger partial charge is 0.507 e. The molecule has 0 bridgehead atoms. The highest BCUT2D eigenvalue weighted by Crippen LogP contribution is 2.37. The molecule has 156 valence electrons. The van der Waals surface area contributed by atoms with Gasteiger partial charge in [-0.1, -0.05) is 6.07 Å². The van der Waals surface area contributed by atoms with Gasteiger partial charge in [-0.25, -0.2) is 4.79 Å². The van der Waals surface area contributed by atoms with E-state index in [0.29, 0.717) is 61.2 Å². The smallest absolute Gasteiger partial charge is 0.344 e. The van der Waals surface area contributed by atoms with Crippen LogP contribution in [0, 0.1) is 6.92 Å². The summed E-state index contributed by atoms with van der Waals surface area (Å²) in [6.45, 7) is 6.25. The van der Waals surface area contributed by atoms with E-state index in [-0.39, 0.29) is 5.75 Å². The summed E-state index contributed by atoms with van der Waals surface area (Å²) in [5, 5.41) is 11.3. The molecule has 0 saturated carbocycles. The highest BCUT2D eigenvalue weighted by Gasteiger charge is 2.21. The van der Waals surface area contributed by atoms with Crippen LogP contribution in [0.15, 0.2) is 39.5 Å². The van der Waals surface area contributed by atoms with Gasteiger partial charge in [0.25, 0.3) is 0 Å². The molecular formula is C23H23NO6. The second-order valence-electron chi connectivity index (χ2n) is 7.58. The monoisotopic (exact) mass is 409 g/mol. The number of nitrogens with zero attached hydrogens (tertiary/aromatic N) is 1. The molecule has 0 aliphatic carbocycles. The first kappa shape index (κ1) is 19.0. The molecule has 1 N–H and O–H groups in total. The van der Waals surface area contributed by atoms with Crippen LogP contribution in [0.1, 0.15) is 11.1 Å². The normalized spacial score (nSPS) is 16.7. The van der Waals surface area contributed by atoms with Crippen molar-refractivity contribution in [1.82, 2.24) is 4.90 Å². The minimum Gasteiger partial charge on any atom is -0.507 e. The van der Waals surface area contributed by atoms with Crippen molar-refractivity contribution in [2.24, 2.45) is 0 Å². The Balaban J connectivity index is 1.62. The highest BCUT2D eigenvalue weighted by atomic mass is 16.6. The molecule has 0 amide bonds. The number of benzene rings is 2. The number of morpholine rings is 1. The maximum Gasteiger partial charge on any atom is 0.344 e. The van der Waals surface area contributed by atoms with Crippen molar-refractivity contribution < 1.29 is 23.7 Å². The molecule has 7 heteroatoms. The minimum atomic E-state index is -0.439. The van der Waals surface area contributed by atoms with E-state index in [1.54, 1.807) is 12.1 Å². The summed E-state index contributed by atoms with van der Waals surface area (Å²) in [5.74, 6) is 1.42. The molecule has 0 atom stereocenters. The quantitative estimate of drug-likeness (QED) is 0.666. The maximum atomic E-state index is 13.0. The summed E-state index contributed by atoms with van der Waals surface area (Å²) < 4.78 is 22.4. The molecule has 7 nitrogen and oxygen atoms in total. The van der Waals surface area contributed by atoms with Crippen molar-refractivity contribution in [3.05, 3.63) is 51.9 Å². The Kier molecular flexibility index (Phi) is 4.84. The average molecular weight is 409 g/mol. The Morgan fingerprint density at radius 2 is 1.77 bits per heavy atom. The highest BCUT2D eigenvalue weighted by molar-refractivity contribution is 5.90. The zero-order valence-electron chi connectivity index (χ0n) is 16.8. The molecule has 0 spiro atoms. The van der Waals surface area contributed by atoms with Gasteiger partial charge in [-0.3, -0.25) is 4.90 Å². The Hall–Kier alpha value is -3.03. The number of fused-ring (bicyclic) bond motifs is 2. The number of rotatable bonds is 3. The van der Waals surface area contributed by atoms with Crippen LogP contribution in [-0.4, -0.2) is 49.5 Å². The molecule has 2 aliphatic heterocycles. The number of ether oxygens (including phenoxy) is 3. The van der Waals surface area contributed by atoms with Crippen molar-refractivity contribution in [3.63, 3.8) is 0 Å². The predicted molar refractivity (Wildman–Crippen MR) is 111 cm³/mol. The molecule has 1 saturated heterocycles. The third kappa shape index (κ3) is 3.30. The van der Waals surface area contributed by atoms with Gasteiger partial charge in [0, 0.05) is 25.0 Å². The number of phenolic OH excluding ortho intramolecular Hbond substituents is 1. The van der Waals surface area contributed by atoms with E-state index in [1.807, 2.05) is 25.1 Å². The van der Waals surface area contributed by atoms with E-state index < -0.39 is 5.63 Å².